The Hall–Kier alpha value is -3.67. The van der Waals surface area contributed by atoms with Crippen LogP contribution >= 0.6 is 0 Å². The average Bonchev–Trinajstić information content (AvgIpc) is 2.69. The van der Waals surface area contributed by atoms with Gasteiger partial charge in [-0.25, -0.2) is 9.18 Å². The van der Waals surface area contributed by atoms with Gasteiger partial charge in [0, 0.05) is 11.3 Å². The monoisotopic (exact) mass is 421 g/mol. The number of rotatable bonds is 4. The molecule has 1 amide bonds. The number of hydrogen-bond donors (Lipinski definition) is 1. The van der Waals surface area contributed by atoms with Crippen LogP contribution in [0.4, 0.5) is 14.9 Å². The van der Waals surface area contributed by atoms with E-state index in [9.17, 15) is 14.0 Å². The van der Waals surface area contributed by atoms with Gasteiger partial charge < -0.3 is 14.8 Å². The first kappa shape index (κ1) is 22.0. The number of amides is 1. The number of hydrogen-bond acceptors (Lipinski definition) is 4. The predicted octanol–water partition coefficient (Wildman–Crippen LogP) is 6.37. The molecule has 160 valence electrons. The zero-order chi connectivity index (χ0) is 22.6. The summed E-state index contributed by atoms with van der Waals surface area (Å²) in [5, 5.41) is 2.87. The Morgan fingerprint density at radius 2 is 1.48 bits per heavy atom. The van der Waals surface area contributed by atoms with Crippen LogP contribution < -0.4 is 10.1 Å². The lowest BCUT2D eigenvalue weighted by atomic mass is 10.0. The third kappa shape index (κ3) is 6.15. The molecule has 0 fully saturated rings. The Morgan fingerprint density at radius 3 is 2.10 bits per heavy atom. The van der Waals surface area contributed by atoms with Crippen molar-refractivity contribution in [3.63, 3.8) is 0 Å². The second kappa shape index (κ2) is 9.00. The molecule has 0 bridgehead atoms. The van der Waals surface area contributed by atoms with Crippen LogP contribution in [-0.2, 0) is 4.74 Å². The summed E-state index contributed by atoms with van der Waals surface area (Å²) >= 11 is 0. The van der Waals surface area contributed by atoms with Gasteiger partial charge in [0.1, 0.15) is 17.2 Å². The van der Waals surface area contributed by atoms with Crippen molar-refractivity contribution in [3.05, 3.63) is 83.7 Å². The molecule has 31 heavy (non-hydrogen) atoms. The number of carbonyl (C=O) groups excluding carboxylic acids is 2. The molecule has 0 unspecified atom stereocenters. The van der Waals surface area contributed by atoms with Crippen LogP contribution in [0.15, 0.2) is 66.7 Å². The van der Waals surface area contributed by atoms with Crippen molar-refractivity contribution in [2.45, 2.75) is 33.3 Å². The standard InChI is InChI=1S/C25H24FNO4/c1-16-5-6-19(15-22(16)27-23(28)18-7-11-20(26)12-8-18)17-9-13-21(14-10-17)30-24(29)31-25(2,3)4/h5-15H,1-4H3,(H,27,28). The highest BCUT2D eigenvalue weighted by Crippen LogP contribution is 2.27. The van der Waals surface area contributed by atoms with Crippen molar-refractivity contribution in [1.82, 2.24) is 0 Å². The summed E-state index contributed by atoms with van der Waals surface area (Å²) in [6.07, 6.45) is -0.763. The average molecular weight is 421 g/mol. The highest BCUT2D eigenvalue weighted by Gasteiger charge is 2.18. The minimum Gasteiger partial charge on any atom is -0.428 e. The second-order valence-corrected chi connectivity index (χ2v) is 8.08. The molecule has 0 heterocycles. The first-order valence-electron chi connectivity index (χ1n) is 9.79. The van der Waals surface area contributed by atoms with Gasteiger partial charge in [-0.05, 0) is 86.8 Å². The molecule has 3 aromatic carbocycles. The van der Waals surface area contributed by atoms with Crippen molar-refractivity contribution in [2.24, 2.45) is 0 Å². The third-order valence-corrected chi connectivity index (χ3v) is 4.37. The Labute approximate surface area is 180 Å². The summed E-state index contributed by atoms with van der Waals surface area (Å²) in [4.78, 5) is 24.3. The molecule has 0 aromatic heterocycles. The molecule has 0 atom stereocenters. The predicted molar refractivity (Wildman–Crippen MR) is 118 cm³/mol. The number of benzene rings is 3. The van der Waals surface area contributed by atoms with Crippen LogP contribution in [-0.4, -0.2) is 17.7 Å². The van der Waals surface area contributed by atoms with Gasteiger partial charge in [-0.3, -0.25) is 4.79 Å². The molecular formula is C25H24FNO4. The Bertz CT molecular complexity index is 1080. The lowest BCUT2D eigenvalue weighted by molar-refractivity contribution is 0.0206. The van der Waals surface area contributed by atoms with Gasteiger partial charge in [-0.1, -0.05) is 24.3 Å². The lowest BCUT2D eigenvalue weighted by Crippen LogP contribution is -2.25. The van der Waals surface area contributed by atoms with E-state index in [4.69, 9.17) is 9.47 Å². The summed E-state index contributed by atoms with van der Waals surface area (Å²) in [6, 6.07) is 18.1. The number of aryl methyl sites for hydroxylation is 1. The van der Waals surface area contributed by atoms with Crippen LogP contribution in [0.3, 0.4) is 0 Å². The minimum absolute atomic E-state index is 0.318. The van der Waals surface area contributed by atoms with E-state index < -0.39 is 17.6 Å². The summed E-state index contributed by atoms with van der Waals surface area (Å²) in [7, 11) is 0. The smallest absolute Gasteiger partial charge is 0.428 e. The first-order valence-corrected chi connectivity index (χ1v) is 9.79. The number of anilines is 1. The van der Waals surface area contributed by atoms with E-state index in [1.807, 2.05) is 37.3 Å². The van der Waals surface area contributed by atoms with Crippen molar-refractivity contribution >= 4 is 17.7 Å². The van der Waals surface area contributed by atoms with Crippen molar-refractivity contribution in [3.8, 4) is 16.9 Å². The molecule has 0 saturated heterocycles. The van der Waals surface area contributed by atoms with E-state index >= 15 is 0 Å². The van der Waals surface area contributed by atoms with Gasteiger partial charge >= 0.3 is 6.16 Å². The Balaban J connectivity index is 1.74. The van der Waals surface area contributed by atoms with Crippen LogP contribution in [0, 0.1) is 12.7 Å². The zero-order valence-corrected chi connectivity index (χ0v) is 17.9. The largest absolute Gasteiger partial charge is 0.514 e. The summed E-state index contributed by atoms with van der Waals surface area (Å²) in [6.45, 7) is 7.19. The Kier molecular flexibility index (Phi) is 6.39. The van der Waals surface area contributed by atoms with Crippen molar-refractivity contribution in [1.29, 1.82) is 0 Å². The fraction of sp³-hybridized carbons (Fsp3) is 0.200. The topological polar surface area (TPSA) is 64.6 Å². The highest BCUT2D eigenvalue weighted by atomic mass is 19.1. The fourth-order valence-electron chi connectivity index (χ4n) is 2.81. The fourth-order valence-corrected chi connectivity index (χ4v) is 2.81. The van der Waals surface area contributed by atoms with Crippen molar-refractivity contribution in [2.75, 3.05) is 5.32 Å². The molecule has 3 rings (SSSR count). The van der Waals surface area contributed by atoms with Crippen molar-refractivity contribution < 1.29 is 23.5 Å². The SMILES string of the molecule is Cc1ccc(-c2ccc(OC(=O)OC(C)(C)C)cc2)cc1NC(=O)c1ccc(F)cc1. The van der Waals surface area contributed by atoms with E-state index in [2.05, 4.69) is 5.32 Å². The van der Waals surface area contributed by atoms with Gasteiger partial charge in [-0.15, -0.1) is 0 Å². The summed E-state index contributed by atoms with van der Waals surface area (Å²) in [5.74, 6) is -0.342. The molecule has 5 nitrogen and oxygen atoms in total. The minimum atomic E-state index is -0.763. The lowest BCUT2D eigenvalue weighted by Gasteiger charge is -2.18. The number of carbonyl (C=O) groups is 2. The summed E-state index contributed by atoms with van der Waals surface area (Å²) in [5.41, 5.74) is 3.05. The zero-order valence-electron chi connectivity index (χ0n) is 17.9. The van der Waals surface area contributed by atoms with E-state index in [0.29, 0.717) is 17.0 Å². The van der Waals surface area contributed by atoms with E-state index in [0.717, 1.165) is 16.7 Å². The number of nitrogens with one attached hydrogen (secondary N) is 1. The maximum absolute atomic E-state index is 13.1. The molecule has 0 aliphatic carbocycles. The highest BCUT2D eigenvalue weighted by molar-refractivity contribution is 6.04. The molecule has 6 heteroatoms. The molecule has 0 aliphatic heterocycles. The van der Waals surface area contributed by atoms with Crippen LogP contribution in [0.2, 0.25) is 0 Å². The molecule has 0 spiro atoms. The number of halogens is 1. The van der Waals surface area contributed by atoms with Gasteiger partial charge in [0.25, 0.3) is 5.91 Å². The van der Waals surface area contributed by atoms with Gasteiger partial charge in [-0.2, -0.15) is 0 Å². The molecular weight excluding hydrogens is 397 g/mol. The molecule has 3 aromatic rings. The van der Waals surface area contributed by atoms with Crippen LogP contribution in [0.5, 0.6) is 5.75 Å². The first-order chi connectivity index (χ1) is 14.6. The number of ether oxygens (including phenoxy) is 2. The van der Waals surface area contributed by atoms with E-state index in [-0.39, 0.29) is 5.91 Å². The van der Waals surface area contributed by atoms with E-state index in [1.54, 1.807) is 32.9 Å². The maximum atomic E-state index is 13.1. The van der Waals surface area contributed by atoms with Gasteiger partial charge in [0.2, 0.25) is 0 Å². The normalized spacial score (nSPS) is 11.0. The van der Waals surface area contributed by atoms with E-state index in [1.165, 1.54) is 24.3 Å². The maximum Gasteiger partial charge on any atom is 0.514 e. The van der Waals surface area contributed by atoms with Gasteiger partial charge in [0.05, 0.1) is 0 Å². The van der Waals surface area contributed by atoms with Gasteiger partial charge in [0.15, 0.2) is 0 Å². The molecule has 1 N–H and O–H groups in total. The second-order valence-electron chi connectivity index (χ2n) is 8.08. The molecule has 0 saturated carbocycles. The Morgan fingerprint density at radius 1 is 0.871 bits per heavy atom. The molecule has 0 aliphatic rings. The third-order valence-electron chi connectivity index (χ3n) is 4.37. The van der Waals surface area contributed by atoms with Crippen LogP contribution in [0.25, 0.3) is 11.1 Å². The quantitative estimate of drug-likeness (QED) is 0.393. The van der Waals surface area contributed by atoms with Crippen LogP contribution in [0.1, 0.15) is 36.7 Å². The summed E-state index contributed by atoms with van der Waals surface area (Å²) < 4.78 is 23.4. The molecule has 0 radical (unpaired) electrons.